The molecular weight excluding hydrogens is 330 g/mol. The van der Waals surface area contributed by atoms with Gasteiger partial charge in [-0.3, -0.25) is 4.79 Å². The number of para-hydroxylation sites is 1. The molecule has 0 spiro atoms. The number of anilines is 1. The fourth-order valence-corrected chi connectivity index (χ4v) is 2.14. The molecule has 0 aliphatic carbocycles. The highest BCUT2D eigenvalue weighted by atomic mass is 35.5. The Morgan fingerprint density at radius 2 is 1.79 bits per heavy atom. The number of ether oxygens (including phenoxy) is 2. The van der Waals surface area contributed by atoms with Crippen molar-refractivity contribution in [2.75, 3.05) is 18.5 Å². The first-order valence-corrected chi connectivity index (χ1v) is 7.74. The van der Waals surface area contributed by atoms with Gasteiger partial charge in [-0.05, 0) is 43.2 Å². The van der Waals surface area contributed by atoms with Crippen LogP contribution >= 0.6 is 11.6 Å². The van der Waals surface area contributed by atoms with Gasteiger partial charge in [0.2, 0.25) is 0 Å². The minimum absolute atomic E-state index is 0.260. The van der Waals surface area contributed by atoms with Gasteiger partial charge in [0.25, 0.3) is 5.91 Å². The second-order valence-corrected chi connectivity index (χ2v) is 5.58. The molecule has 0 radical (unpaired) electrons. The van der Waals surface area contributed by atoms with Gasteiger partial charge in [0.1, 0.15) is 5.75 Å². The molecule has 0 atom stereocenters. The lowest BCUT2D eigenvalue weighted by Gasteiger charge is -2.11. The summed E-state index contributed by atoms with van der Waals surface area (Å²) in [6.45, 7) is 3.20. The van der Waals surface area contributed by atoms with Crippen molar-refractivity contribution in [3.05, 3.63) is 58.6 Å². The lowest BCUT2D eigenvalue weighted by Crippen LogP contribution is -2.23. The number of nitrogens with one attached hydrogen (secondary N) is 1. The second-order valence-electron chi connectivity index (χ2n) is 5.18. The van der Waals surface area contributed by atoms with Crippen LogP contribution in [-0.4, -0.2) is 25.1 Å². The molecule has 2 aromatic carbocycles. The van der Waals surface area contributed by atoms with E-state index in [1.807, 2.05) is 26.0 Å². The highest BCUT2D eigenvalue weighted by molar-refractivity contribution is 6.33. The van der Waals surface area contributed by atoms with Gasteiger partial charge in [0.15, 0.2) is 13.2 Å². The predicted molar refractivity (Wildman–Crippen MR) is 92.5 cm³/mol. The first-order valence-electron chi connectivity index (χ1n) is 7.36. The molecule has 0 bridgehead atoms. The molecule has 0 aliphatic rings. The van der Waals surface area contributed by atoms with E-state index in [1.165, 1.54) is 0 Å². The largest absolute Gasteiger partial charge is 0.482 e. The van der Waals surface area contributed by atoms with Crippen LogP contribution in [0.5, 0.6) is 5.75 Å². The number of benzene rings is 2. The van der Waals surface area contributed by atoms with E-state index in [1.54, 1.807) is 30.3 Å². The smallest absolute Gasteiger partial charge is 0.344 e. The van der Waals surface area contributed by atoms with Crippen LogP contribution in [0.2, 0.25) is 5.02 Å². The molecule has 1 amide bonds. The third-order valence-electron chi connectivity index (χ3n) is 3.41. The minimum Gasteiger partial charge on any atom is -0.482 e. The second kappa shape index (κ2) is 8.36. The van der Waals surface area contributed by atoms with E-state index in [0.29, 0.717) is 16.5 Å². The van der Waals surface area contributed by atoms with Crippen LogP contribution < -0.4 is 10.1 Å². The number of amides is 1. The zero-order valence-electron chi connectivity index (χ0n) is 13.5. The molecule has 6 heteroatoms. The summed E-state index contributed by atoms with van der Waals surface area (Å²) in [7, 11) is 0. The van der Waals surface area contributed by atoms with Crippen molar-refractivity contribution in [2.45, 2.75) is 13.8 Å². The van der Waals surface area contributed by atoms with Crippen LogP contribution in [0.4, 0.5) is 5.69 Å². The highest BCUT2D eigenvalue weighted by Gasteiger charge is 2.11. The van der Waals surface area contributed by atoms with E-state index in [0.717, 1.165) is 11.1 Å². The minimum atomic E-state index is -0.620. The van der Waals surface area contributed by atoms with Crippen LogP contribution in [0.15, 0.2) is 42.5 Å². The number of rotatable bonds is 6. The van der Waals surface area contributed by atoms with Gasteiger partial charge < -0.3 is 14.8 Å². The normalized spacial score (nSPS) is 10.1. The first kappa shape index (κ1) is 17.8. The van der Waals surface area contributed by atoms with Gasteiger partial charge in [-0.2, -0.15) is 0 Å². The highest BCUT2D eigenvalue weighted by Crippen LogP contribution is 2.21. The van der Waals surface area contributed by atoms with Gasteiger partial charge in [0, 0.05) is 0 Å². The summed E-state index contributed by atoms with van der Waals surface area (Å²) >= 11 is 5.93. The summed E-state index contributed by atoms with van der Waals surface area (Å²) in [6.07, 6.45) is 0. The number of carbonyl (C=O) groups is 2. The number of aryl methyl sites for hydroxylation is 1. The average Bonchev–Trinajstić information content (AvgIpc) is 2.56. The van der Waals surface area contributed by atoms with Gasteiger partial charge in [-0.1, -0.05) is 35.9 Å². The molecule has 5 nitrogen and oxygen atoms in total. The van der Waals surface area contributed by atoms with E-state index in [2.05, 4.69) is 5.32 Å². The van der Waals surface area contributed by atoms with Crippen molar-refractivity contribution < 1.29 is 19.1 Å². The Labute approximate surface area is 145 Å². The monoisotopic (exact) mass is 347 g/mol. The van der Waals surface area contributed by atoms with Gasteiger partial charge in [-0.15, -0.1) is 0 Å². The van der Waals surface area contributed by atoms with E-state index < -0.39 is 18.5 Å². The lowest BCUT2D eigenvalue weighted by molar-refractivity contribution is -0.149. The van der Waals surface area contributed by atoms with Crippen LogP contribution in [0.1, 0.15) is 11.1 Å². The summed E-state index contributed by atoms with van der Waals surface area (Å²) in [4.78, 5) is 23.4. The molecule has 1 N–H and O–H groups in total. The SMILES string of the molecule is Cc1cccc(OCC(=O)OCC(=O)Nc2ccccc2Cl)c1C. The van der Waals surface area contributed by atoms with E-state index >= 15 is 0 Å². The van der Waals surface area contributed by atoms with Crippen molar-refractivity contribution in [2.24, 2.45) is 0 Å². The Hall–Kier alpha value is -2.53. The zero-order valence-corrected chi connectivity index (χ0v) is 14.2. The molecule has 0 saturated carbocycles. The zero-order chi connectivity index (χ0) is 17.5. The molecule has 0 aromatic heterocycles. The maximum Gasteiger partial charge on any atom is 0.344 e. The number of hydrogen-bond acceptors (Lipinski definition) is 4. The van der Waals surface area contributed by atoms with Gasteiger partial charge in [-0.25, -0.2) is 4.79 Å². The molecule has 2 rings (SSSR count). The molecule has 0 aliphatic heterocycles. The summed E-state index contributed by atoms with van der Waals surface area (Å²) in [5, 5.41) is 2.98. The molecule has 0 fully saturated rings. The van der Waals surface area contributed by atoms with Gasteiger partial charge >= 0.3 is 5.97 Å². The van der Waals surface area contributed by atoms with Crippen LogP contribution in [0.3, 0.4) is 0 Å². The fraction of sp³-hybridized carbons (Fsp3) is 0.222. The van der Waals surface area contributed by atoms with Crippen LogP contribution in [0, 0.1) is 13.8 Å². The molecule has 126 valence electrons. The third kappa shape index (κ3) is 4.99. The Balaban J connectivity index is 1.78. The molecule has 0 heterocycles. The maximum absolute atomic E-state index is 11.8. The van der Waals surface area contributed by atoms with E-state index in [4.69, 9.17) is 21.1 Å². The van der Waals surface area contributed by atoms with E-state index in [9.17, 15) is 9.59 Å². The first-order chi connectivity index (χ1) is 11.5. The summed E-state index contributed by atoms with van der Waals surface area (Å²) < 4.78 is 10.3. The third-order valence-corrected chi connectivity index (χ3v) is 3.74. The quantitative estimate of drug-likeness (QED) is 0.812. The molecule has 2 aromatic rings. The standard InChI is InChI=1S/C18H18ClNO4/c1-12-6-5-9-16(13(12)2)23-11-18(22)24-10-17(21)20-15-8-4-3-7-14(15)19/h3-9H,10-11H2,1-2H3,(H,20,21). The van der Waals surface area contributed by atoms with Crippen molar-refractivity contribution in [1.82, 2.24) is 0 Å². The van der Waals surface area contributed by atoms with Crippen molar-refractivity contribution in [3.8, 4) is 5.75 Å². The maximum atomic E-state index is 11.8. The predicted octanol–water partition coefficient (Wildman–Crippen LogP) is 3.52. The Morgan fingerprint density at radius 1 is 1.04 bits per heavy atom. The summed E-state index contributed by atoms with van der Waals surface area (Å²) in [5.41, 5.74) is 2.49. The molecule has 0 saturated heterocycles. The summed E-state index contributed by atoms with van der Waals surface area (Å²) in [6, 6.07) is 12.4. The molecule has 0 unspecified atom stereocenters. The Bertz CT molecular complexity index is 746. The number of esters is 1. The number of hydrogen-bond donors (Lipinski definition) is 1. The topological polar surface area (TPSA) is 64.6 Å². The fourth-order valence-electron chi connectivity index (χ4n) is 1.95. The molecular formula is C18H18ClNO4. The van der Waals surface area contributed by atoms with E-state index in [-0.39, 0.29) is 6.61 Å². The number of carbonyl (C=O) groups excluding carboxylic acids is 2. The molecule has 24 heavy (non-hydrogen) atoms. The van der Waals surface area contributed by atoms with Crippen molar-refractivity contribution in [1.29, 1.82) is 0 Å². The Morgan fingerprint density at radius 3 is 2.54 bits per heavy atom. The van der Waals surface area contributed by atoms with Crippen LogP contribution in [-0.2, 0) is 14.3 Å². The van der Waals surface area contributed by atoms with Gasteiger partial charge in [0.05, 0.1) is 10.7 Å². The average molecular weight is 348 g/mol. The lowest BCUT2D eigenvalue weighted by atomic mass is 10.1. The van der Waals surface area contributed by atoms with Crippen molar-refractivity contribution in [3.63, 3.8) is 0 Å². The van der Waals surface area contributed by atoms with Crippen LogP contribution in [0.25, 0.3) is 0 Å². The number of halogens is 1. The Kier molecular flexibility index (Phi) is 6.21. The van der Waals surface area contributed by atoms with Crippen molar-refractivity contribution >= 4 is 29.2 Å². The summed E-state index contributed by atoms with van der Waals surface area (Å²) in [5.74, 6) is -0.471.